The van der Waals surface area contributed by atoms with Crippen LogP contribution in [0.25, 0.3) is 22.0 Å². The number of sulfone groups is 1. The lowest BCUT2D eigenvalue weighted by Gasteiger charge is -2.24. The number of aliphatic hydroxyl groups is 1. The third-order valence-corrected chi connectivity index (χ3v) is 15.5. The first-order valence-electron chi connectivity index (χ1n) is 20.8. The number of benzene rings is 2. The first-order chi connectivity index (χ1) is 31.1. The number of carbonyl (C=O) groups excluding carboxylic acids is 1. The molecule has 0 bridgehead atoms. The molecule has 346 valence electrons. The fourth-order valence-corrected chi connectivity index (χ4v) is 10.4. The van der Waals surface area contributed by atoms with Gasteiger partial charge in [0.2, 0.25) is 11.8 Å². The third kappa shape index (κ3) is 8.27. The fourth-order valence-electron chi connectivity index (χ4n) is 8.42. The van der Waals surface area contributed by atoms with Crippen LogP contribution >= 0.6 is 11.6 Å². The lowest BCUT2D eigenvalue weighted by Crippen LogP contribution is -2.41. The number of pyridine rings is 1. The number of rotatable bonds is 15. The monoisotopic (exact) mass is 955 g/mol. The van der Waals surface area contributed by atoms with E-state index in [0.717, 1.165) is 12.1 Å². The summed E-state index contributed by atoms with van der Waals surface area (Å²) in [6.45, 7) is 2.05. The summed E-state index contributed by atoms with van der Waals surface area (Å²) >= 11 is 6.81. The zero-order valence-electron chi connectivity index (χ0n) is 35.2. The van der Waals surface area contributed by atoms with Gasteiger partial charge in [0.05, 0.1) is 45.2 Å². The molecule has 66 heavy (non-hydrogen) atoms. The number of nitrogens with one attached hydrogen (secondary N) is 4. The number of hydrogen-bond acceptors (Lipinski definition) is 12. The second kappa shape index (κ2) is 16.1. The average molecular weight is 956 g/mol. The van der Waals surface area contributed by atoms with Crippen molar-refractivity contribution in [3.8, 4) is 23.0 Å². The molecule has 0 saturated heterocycles. The van der Waals surface area contributed by atoms with Crippen LogP contribution in [0.2, 0.25) is 5.02 Å². The summed E-state index contributed by atoms with van der Waals surface area (Å²) in [5.41, 5.74) is -2.83. The lowest BCUT2D eigenvalue weighted by atomic mass is 9.93. The zero-order chi connectivity index (χ0) is 47.2. The minimum absolute atomic E-state index is 0.0179. The summed E-state index contributed by atoms with van der Waals surface area (Å²) in [7, 11) is -2.07. The van der Waals surface area contributed by atoms with Crippen LogP contribution in [-0.2, 0) is 33.7 Å². The second-order valence-corrected chi connectivity index (χ2v) is 20.7. The Morgan fingerprint density at radius 1 is 1.09 bits per heavy atom. The van der Waals surface area contributed by atoms with Gasteiger partial charge in [-0.25, -0.2) is 31.0 Å². The van der Waals surface area contributed by atoms with E-state index >= 15 is 8.78 Å². The van der Waals surface area contributed by atoms with Crippen LogP contribution < -0.4 is 16.0 Å². The first-order valence-corrected chi connectivity index (χ1v) is 22.7. The Kier molecular flexibility index (Phi) is 11.0. The molecule has 0 radical (unpaired) electrons. The molecule has 0 unspecified atom stereocenters. The summed E-state index contributed by atoms with van der Waals surface area (Å²) in [6.07, 6.45) is -1.88. The Bertz CT molecular complexity index is 3040. The zero-order valence-corrected chi connectivity index (χ0v) is 36.8. The number of carbonyl (C=O) groups is 1. The fraction of sp³-hybridized carbons (Fsp3) is 0.409. The van der Waals surface area contributed by atoms with Gasteiger partial charge < -0.3 is 20.2 Å². The van der Waals surface area contributed by atoms with Gasteiger partial charge in [-0.1, -0.05) is 28.7 Å². The number of allylic oxidation sites excluding steroid dienone is 2. The maximum atomic E-state index is 15.4. The number of anilines is 2. The molecule has 2 aromatic carbocycles. The van der Waals surface area contributed by atoms with Crippen molar-refractivity contribution in [1.29, 1.82) is 5.41 Å². The van der Waals surface area contributed by atoms with Gasteiger partial charge in [-0.3, -0.25) is 20.2 Å². The number of nitrogens with zero attached hydrogens (tertiary/aromatic N) is 5. The molecule has 0 aliphatic heterocycles. The van der Waals surface area contributed by atoms with Crippen LogP contribution in [0.5, 0.6) is 0 Å². The summed E-state index contributed by atoms with van der Waals surface area (Å²) in [5, 5.41) is 38.9. The van der Waals surface area contributed by atoms with Crippen LogP contribution in [-0.4, -0.2) is 79.0 Å². The van der Waals surface area contributed by atoms with E-state index in [2.05, 4.69) is 43.1 Å². The molecule has 9 rings (SSSR count). The van der Waals surface area contributed by atoms with Crippen molar-refractivity contribution in [2.45, 2.75) is 86.4 Å². The van der Waals surface area contributed by atoms with Crippen molar-refractivity contribution in [1.82, 2.24) is 35.6 Å². The van der Waals surface area contributed by atoms with Gasteiger partial charge >= 0.3 is 6.01 Å². The number of halogens is 7. The van der Waals surface area contributed by atoms with Gasteiger partial charge in [0, 0.05) is 35.7 Å². The average Bonchev–Trinajstić information content (AvgIpc) is 4.20. The molecule has 3 fully saturated rings. The Morgan fingerprint density at radius 2 is 1.79 bits per heavy atom. The molecule has 4 aliphatic rings. The van der Waals surface area contributed by atoms with E-state index in [-0.39, 0.29) is 58.1 Å². The molecule has 3 heterocycles. The second-order valence-electron chi connectivity index (χ2n) is 17.5. The number of aromatic nitrogens is 5. The van der Waals surface area contributed by atoms with E-state index in [1.165, 1.54) is 24.6 Å². The molecule has 4 aliphatic carbocycles. The summed E-state index contributed by atoms with van der Waals surface area (Å²) < 4.78 is 120. The molecular formula is C44H40ClF6N9O5S. The molecule has 5 N–H and O–H groups in total. The standard InChI is InChI=1S/C44H40ClF6N9O5S/c1-42(2,66(63,64)24-5-6-24)11-10-23-4-7-25(26-8-9-29(45)33-36(26)60(3)59-39(33)56-41-58-57-40(65-41)43(62)12-13-43)35(54-23)30(16-20-14-21(46)17-22(47)15-20)55-31(61)19-53-37-32(34(52)38(48)49)27-18-28(27)44(37,50)51/h4,7-9,14-15,17,24,27-28,30,38,52-53,62H,5-6,12-13,16,18-19H2,1-3H3,(H,55,61)(H,56,58,59)/t27-,28+,30-/m0/s1. The Labute approximate surface area is 378 Å². The number of fused-ring (bicyclic) bond motifs is 2. The molecule has 14 nitrogen and oxygen atoms in total. The number of aryl methyl sites for hydroxylation is 1. The molecule has 5 aromatic rings. The van der Waals surface area contributed by atoms with Crippen molar-refractivity contribution in [2.75, 3.05) is 11.9 Å². The van der Waals surface area contributed by atoms with Crippen molar-refractivity contribution < 1.29 is 49.1 Å². The lowest BCUT2D eigenvalue weighted by molar-refractivity contribution is -0.121. The quantitative estimate of drug-likeness (QED) is 0.0404. The Balaban J connectivity index is 1.15. The minimum Gasteiger partial charge on any atom is -0.405 e. The Hall–Kier alpha value is -5.98. The van der Waals surface area contributed by atoms with Crippen molar-refractivity contribution in [2.24, 2.45) is 18.9 Å². The van der Waals surface area contributed by atoms with Crippen LogP contribution in [0.4, 0.5) is 38.2 Å². The SMILES string of the molecule is Cn1nc(Nc2nnc(C3(O)CC3)o2)c2c(Cl)ccc(-c3ccc(C#CC(C)(C)S(=O)(=O)C4CC4)nc3[C@H](Cc3cc(F)cc(F)c3)NC(=O)CNC3=C(C(=N)C(F)F)[C@H]4C[C@H]4C3(F)F)c21. The van der Waals surface area contributed by atoms with Crippen LogP contribution in [0, 0.1) is 40.7 Å². The minimum atomic E-state index is -3.68. The molecule has 3 atom stereocenters. The van der Waals surface area contributed by atoms with Crippen LogP contribution in [0.3, 0.4) is 0 Å². The van der Waals surface area contributed by atoms with E-state index in [0.29, 0.717) is 48.2 Å². The normalized spacial score (nSPS) is 19.9. The highest BCUT2D eigenvalue weighted by molar-refractivity contribution is 7.93. The van der Waals surface area contributed by atoms with Gasteiger partial charge in [-0.2, -0.15) is 13.9 Å². The topological polar surface area (TPSA) is 201 Å². The van der Waals surface area contributed by atoms with Gasteiger partial charge in [0.1, 0.15) is 33.4 Å². The van der Waals surface area contributed by atoms with E-state index in [4.69, 9.17) is 26.4 Å². The van der Waals surface area contributed by atoms with E-state index in [1.807, 2.05) is 0 Å². The van der Waals surface area contributed by atoms with Crippen molar-refractivity contribution in [3.63, 3.8) is 0 Å². The van der Waals surface area contributed by atoms with Crippen molar-refractivity contribution >= 4 is 55.8 Å². The number of amides is 1. The number of hydrogen-bond donors (Lipinski definition) is 5. The van der Waals surface area contributed by atoms with Gasteiger partial charge in [-0.15, -0.1) is 5.10 Å². The molecular weight excluding hydrogens is 916 g/mol. The highest BCUT2D eigenvalue weighted by atomic mass is 35.5. The molecule has 0 spiro atoms. The number of alkyl halides is 4. The highest BCUT2D eigenvalue weighted by Gasteiger charge is 2.66. The molecule has 3 aromatic heterocycles. The van der Waals surface area contributed by atoms with Crippen LogP contribution in [0.15, 0.2) is 58.2 Å². The van der Waals surface area contributed by atoms with E-state index < -0.39 is 96.7 Å². The molecule has 22 heteroatoms. The summed E-state index contributed by atoms with van der Waals surface area (Å²) in [6, 6.07) is 7.53. The first kappa shape index (κ1) is 45.2. The summed E-state index contributed by atoms with van der Waals surface area (Å²) in [5.74, 6) is -2.90. The maximum Gasteiger partial charge on any atom is 0.321 e. The molecule has 3 saturated carbocycles. The van der Waals surface area contributed by atoms with E-state index in [9.17, 15) is 35.9 Å². The maximum absolute atomic E-state index is 15.4. The van der Waals surface area contributed by atoms with Gasteiger partial charge in [-0.05, 0) is 100 Å². The largest absolute Gasteiger partial charge is 0.405 e. The third-order valence-electron chi connectivity index (χ3n) is 12.3. The predicted molar refractivity (Wildman–Crippen MR) is 229 cm³/mol. The van der Waals surface area contributed by atoms with E-state index in [1.54, 1.807) is 25.2 Å². The van der Waals surface area contributed by atoms with Gasteiger partial charge in [0.15, 0.2) is 15.7 Å². The summed E-state index contributed by atoms with van der Waals surface area (Å²) in [4.78, 5) is 18.8. The van der Waals surface area contributed by atoms with Gasteiger partial charge in [0.25, 0.3) is 12.3 Å². The van der Waals surface area contributed by atoms with Crippen LogP contribution in [0.1, 0.15) is 74.8 Å². The highest BCUT2D eigenvalue weighted by Crippen LogP contribution is 2.62. The Morgan fingerprint density at radius 3 is 2.45 bits per heavy atom. The molecule has 1 amide bonds. The van der Waals surface area contributed by atoms with Crippen molar-refractivity contribution in [3.05, 3.63) is 93.2 Å². The smallest absolute Gasteiger partial charge is 0.321 e. The predicted octanol–water partition coefficient (Wildman–Crippen LogP) is 7.20.